The molecule has 4 rings (SSSR count). The average Bonchev–Trinajstić information content (AvgIpc) is 2.77. The Kier molecular flexibility index (Phi) is 6.05. The number of fused-ring (bicyclic) bond motifs is 2. The van der Waals surface area contributed by atoms with Gasteiger partial charge in [-0.15, -0.1) is 0 Å². The third-order valence-corrected chi connectivity index (χ3v) is 6.54. The molecule has 0 fully saturated rings. The second-order valence-corrected chi connectivity index (χ2v) is 9.56. The summed E-state index contributed by atoms with van der Waals surface area (Å²) >= 11 is 0. The van der Waals surface area contributed by atoms with Crippen molar-refractivity contribution in [3.05, 3.63) is 42.0 Å². The Labute approximate surface area is 187 Å². The standard InChI is InChI=1S/C22H26N2O7S/c1-14(16-4-6-18-20(12-16)30-10-8-28-18)23-22(25)15(2)24(32(3,26)27)17-5-7-19-21(13-17)31-11-9-29-19/h4-7,12-15H,8-11H2,1-3H3,(H,23,25)/t14-,15-/m0/s1. The number of sulfonamides is 1. The molecule has 0 radical (unpaired) electrons. The predicted molar refractivity (Wildman–Crippen MR) is 118 cm³/mol. The quantitative estimate of drug-likeness (QED) is 0.702. The molecular weight excluding hydrogens is 436 g/mol. The molecule has 0 spiro atoms. The van der Waals surface area contributed by atoms with Crippen LogP contribution in [-0.2, 0) is 14.8 Å². The number of amides is 1. The van der Waals surface area contributed by atoms with Gasteiger partial charge in [0.25, 0.3) is 0 Å². The second kappa shape index (κ2) is 8.78. The highest BCUT2D eigenvalue weighted by Gasteiger charge is 2.31. The van der Waals surface area contributed by atoms with Gasteiger partial charge in [-0.2, -0.15) is 0 Å². The number of carbonyl (C=O) groups is 1. The van der Waals surface area contributed by atoms with Crippen molar-refractivity contribution in [2.24, 2.45) is 0 Å². The number of hydrogen-bond donors (Lipinski definition) is 1. The van der Waals surface area contributed by atoms with E-state index in [0.717, 1.165) is 16.1 Å². The first-order valence-corrected chi connectivity index (χ1v) is 12.2. The Morgan fingerprint density at radius 3 is 2.00 bits per heavy atom. The summed E-state index contributed by atoms with van der Waals surface area (Å²) in [6.07, 6.45) is 1.07. The topological polar surface area (TPSA) is 103 Å². The molecule has 2 aromatic rings. The molecular formula is C22H26N2O7S. The summed E-state index contributed by atoms with van der Waals surface area (Å²) in [5, 5.41) is 2.89. The van der Waals surface area contributed by atoms with Crippen molar-refractivity contribution in [3.8, 4) is 23.0 Å². The Bertz CT molecular complexity index is 1120. The molecule has 172 valence electrons. The highest BCUT2D eigenvalue weighted by atomic mass is 32.2. The normalized spacial score (nSPS) is 16.6. The second-order valence-electron chi connectivity index (χ2n) is 7.70. The summed E-state index contributed by atoms with van der Waals surface area (Å²) in [5.74, 6) is 1.83. The zero-order valence-corrected chi connectivity index (χ0v) is 19.0. The zero-order valence-electron chi connectivity index (χ0n) is 18.2. The molecule has 2 atom stereocenters. The van der Waals surface area contributed by atoms with E-state index in [9.17, 15) is 13.2 Å². The van der Waals surface area contributed by atoms with Gasteiger partial charge in [-0.25, -0.2) is 8.42 Å². The molecule has 0 bridgehead atoms. The van der Waals surface area contributed by atoms with E-state index in [4.69, 9.17) is 18.9 Å². The fourth-order valence-electron chi connectivity index (χ4n) is 3.72. The van der Waals surface area contributed by atoms with Crippen LogP contribution in [0.1, 0.15) is 25.5 Å². The van der Waals surface area contributed by atoms with E-state index in [1.807, 2.05) is 19.1 Å². The summed E-state index contributed by atoms with van der Waals surface area (Å²) in [7, 11) is -3.76. The molecule has 2 aromatic carbocycles. The maximum absolute atomic E-state index is 13.0. The zero-order chi connectivity index (χ0) is 22.9. The lowest BCUT2D eigenvalue weighted by Crippen LogP contribution is -2.48. The van der Waals surface area contributed by atoms with Crippen LogP contribution in [0.5, 0.6) is 23.0 Å². The van der Waals surface area contributed by atoms with E-state index < -0.39 is 22.0 Å². The van der Waals surface area contributed by atoms with E-state index in [0.29, 0.717) is 55.1 Å². The van der Waals surface area contributed by atoms with Crippen LogP contribution in [0.25, 0.3) is 0 Å². The number of benzene rings is 2. The number of hydrogen-bond acceptors (Lipinski definition) is 7. The van der Waals surface area contributed by atoms with Crippen LogP contribution in [0.4, 0.5) is 5.69 Å². The first-order valence-electron chi connectivity index (χ1n) is 10.3. The third kappa shape index (κ3) is 4.55. The highest BCUT2D eigenvalue weighted by molar-refractivity contribution is 7.92. The van der Waals surface area contributed by atoms with Gasteiger partial charge in [-0.05, 0) is 43.7 Å². The minimum absolute atomic E-state index is 0.325. The highest BCUT2D eigenvalue weighted by Crippen LogP contribution is 2.36. The first-order chi connectivity index (χ1) is 15.2. The Hall–Kier alpha value is -3.14. The molecule has 0 saturated heterocycles. The minimum atomic E-state index is -3.76. The molecule has 2 heterocycles. The number of ether oxygens (including phenoxy) is 4. The lowest BCUT2D eigenvalue weighted by atomic mass is 10.1. The number of rotatable bonds is 6. The monoisotopic (exact) mass is 462 g/mol. The van der Waals surface area contributed by atoms with Crippen molar-refractivity contribution in [3.63, 3.8) is 0 Å². The van der Waals surface area contributed by atoms with E-state index in [-0.39, 0.29) is 6.04 Å². The summed E-state index contributed by atoms with van der Waals surface area (Å²) in [6, 6.07) is 8.91. The van der Waals surface area contributed by atoms with Crippen LogP contribution >= 0.6 is 0 Å². The smallest absolute Gasteiger partial charge is 0.244 e. The van der Waals surface area contributed by atoms with Gasteiger partial charge in [0.15, 0.2) is 23.0 Å². The number of nitrogens with zero attached hydrogens (tertiary/aromatic N) is 1. The van der Waals surface area contributed by atoms with E-state index in [1.165, 1.54) is 0 Å². The summed E-state index contributed by atoms with van der Waals surface area (Å²) < 4.78 is 48.5. The van der Waals surface area contributed by atoms with E-state index >= 15 is 0 Å². The Morgan fingerprint density at radius 2 is 1.41 bits per heavy atom. The largest absolute Gasteiger partial charge is 0.486 e. The van der Waals surface area contributed by atoms with Crippen molar-refractivity contribution < 1.29 is 32.2 Å². The van der Waals surface area contributed by atoms with Crippen molar-refractivity contribution in [2.45, 2.75) is 25.9 Å². The summed E-state index contributed by atoms with van der Waals surface area (Å²) in [4.78, 5) is 13.0. The summed E-state index contributed by atoms with van der Waals surface area (Å²) in [6.45, 7) is 5.14. The number of nitrogens with one attached hydrogen (secondary N) is 1. The third-order valence-electron chi connectivity index (χ3n) is 5.29. The molecule has 0 aromatic heterocycles. The molecule has 0 aliphatic carbocycles. The van der Waals surface area contributed by atoms with Crippen molar-refractivity contribution in [2.75, 3.05) is 37.0 Å². The van der Waals surface area contributed by atoms with Gasteiger partial charge >= 0.3 is 0 Å². The van der Waals surface area contributed by atoms with Gasteiger partial charge in [0.1, 0.15) is 32.5 Å². The van der Waals surface area contributed by atoms with Crippen LogP contribution in [0.2, 0.25) is 0 Å². The Morgan fingerprint density at radius 1 is 0.875 bits per heavy atom. The summed E-state index contributed by atoms with van der Waals surface area (Å²) in [5.41, 5.74) is 1.14. The molecule has 9 nitrogen and oxygen atoms in total. The molecule has 0 saturated carbocycles. The molecule has 32 heavy (non-hydrogen) atoms. The maximum atomic E-state index is 13.0. The lowest BCUT2D eigenvalue weighted by Gasteiger charge is -2.30. The fraction of sp³-hybridized carbons (Fsp3) is 0.409. The molecule has 0 unspecified atom stereocenters. The van der Waals surface area contributed by atoms with Gasteiger partial charge < -0.3 is 24.3 Å². The number of anilines is 1. The average molecular weight is 463 g/mol. The molecule has 2 aliphatic rings. The predicted octanol–water partition coefficient (Wildman–Crippen LogP) is 2.26. The van der Waals surface area contributed by atoms with Crippen molar-refractivity contribution >= 4 is 21.6 Å². The maximum Gasteiger partial charge on any atom is 0.244 e. The molecule has 1 N–H and O–H groups in total. The van der Waals surface area contributed by atoms with E-state index in [1.54, 1.807) is 31.2 Å². The molecule has 10 heteroatoms. The van der Waals surface area contributed by atoms with Crippen LogP contribution in [0.3, 0.4) is 0 Å². The molecule has 1 amide bonds. The Balaban J connectivity index is 1.54. The van der Waals surface area contributed by atoms with Gasteiger partial charge in [-0.3, -0.25) is 9.10 Å². The number of carbonyl (C=O) groups excluding carboxylic acids is 1. The van der Waals surface area contributed by atoms with Crippen LogP contribution in [0, 0.1) is 0 Å². The van der Waals surface area contributed by atoms with E-state index in [2.05, 4.69) is 5.32 Å². The minimum Gasteiger partial charge on any atom is -0.486 e. The van der Waals surface area contributed by atoms with Crippen LogP contribution < -0.4 is 28.6 Å². The van der Waals surface area contributed by atoms with Crippen molar-refractivity contribution in [1.29, 1.82) is 0 Å². The fourth-order valence-corrected chi connectivity index (χ4v) is 4.89. The SMILES string of the molecule is C[C@H](NC(=O)[C@H](C)N(c1ccc2c(c1)OCCO2)S(C)(=O)=O)c1ccc2c(c1)OCCO2. The van der Waals surface area contributed by atoms with Crippen LogP contribution in [-0.4, -0.2) is 53.1 Å². The van der Waals surface area contributed by atoms with Gasteiger partial charge in [0.2, 0.25) is 15.9 Å². The first kappa shape index (κ1) is 22.1. The van der Waals surface area contributed by atoms with Crippen molar-refractivity contribution in [1.82, 2.24) is 5.32 Å². The van der Waals surface area contributed by atoms with Gasteiger partial charge in [-0.1, -0.05) is 6.07 Å². The van der Waals surface area contributed by atoms with Gasteiger partial charge in [0.05, 0.1) is 18.0 Å². The van der Waals surface area contributed by atoms with Crippen LogP contribution in [0.15, 0.2) is 36.4 Å². The van der Waals surface area contributed by atoms with Gasteiger partial charge in [0, 0.05) is 6.07 Å². The lowest BCUT2D eigenvalue weighted by molar-refractivity contribution is -0.122. The molecule has 2 aliphatic heterocycles.